The number of nitrogens with zero attached hydrogens (tertiary/aromatic N) is 1. The average Bonchev–Trinajstić information content (AvgIpc) is 2.69. The predicted octanol–water partition coefficient (Wildman–Crippen LogP) is 5.37. The molecule has 5 heteroatoms. The number of hydrogen-bond donors (Lipinski definition) is 1. The first-order valence-electron chi connectivity index (χ1n) is 10.3. The van der Waals surface area contributed by atoms with Gasteiger partial charge in [-0.05, 0) is 42.0 Å². The molecule has 0 saturated carbocycles. The van der Waals surface area contributed by atoms with E-state index in [0.29, 0.717) is 30.5 Å². The Hall–Kier alpha value is -2.33. The summed E-state index contributed by atoms with van der Waals surface area (Å²) in [6.45, 7) is 7.17. The van der Waals surface area contributed by atoms with Crippen molar-refractivity contribution in [2.45, 2.75) is 52.6 Å². The Labute approximate surface area is 179 Å². The van der Waals surface area contributed by atoms with Crippen molar-refractivity contribution in [1.82, 2.24) is 10.2 Å². The summed E-state index contributed by atoms with van der Waals surface area (Å²) >= 11 is 6.01. The Morgan fingerprint density at radius 2 is 1.69 bits per heavy atom. The molecule has 4 nitrogen and oxygen atoms in total. The fourth-order valence-corrected chi connectivity index (χ4v) is 3.28. The van der Waals surface area contributed by atoms with Crippen LogP contribution in [0.15, 0.2) is 54.6 Å². The molecule has 2 amide bonds. The third-order valence-electron chi connectivity index (χ3n) is 4.75. The summed E-state index contributed by atoms with van der Waals surface area (Å²) < 4.78 is 0. The number of amides is 2. The van der Waals surface area contributed by atoms with Crippen LogP contribution in [-0.2, 0) is 16.1 Å². The molecule has 0 spiro atoms. The van der Waals surface area contributed by atoms with Crippen LogP contribution in [0.5, 0.6) is 0 Å². The van der Waals surface area contributed by atoms with E-state index in [4.69, 9.17) is 11.6 Å². The molecule has 0 fully saturated rings. The quantitative estimate of drug-likeness (QED) is 0.568. The molecule has 2 aromatic rings. The zero-order valence-electron chi connectivity index (χ0n) is 17.5. The highest BCUT2D eigenvalue weighted by Gasteiger charge is 2.30. The molecule has 0 aliphatic heterocycles. The van der Waals surface area contributed by atoms with Gasteiger partial charge in [-0.1, -0.05) is 74.8 Å². The predicted molar refractivity (Wildman–Crippen MR) is 119 cm³/mol. The van der Waals surface area contributed by atoms with Crippen molar-refractivity contribution in [2.75, 3.05) is 6.54 Å². The lowest BCUT2D eigenvalue weighted by Gasteiger charge is -2.32. The van der Waals surface area contributed by atoms with Crippen molar-refractivity contribution in [3.05, 3.63) is 70.7 Å². The van der Waals surface area contributed by atoms with E-state index in [-0.39, 0.29) is 11.8 Å². The number of nitrogens with one attached hydrogen (secondary N) is 1. The maximum Gasteiger partial charge on any atom is 0.247 e. The Balaban J connectivity index is 2.35. The van der Waals surface area contributed by atoms with Crippen molar-refractivity contribution in [1.29, 1.82) is 0 Å². The van der Waals surface area contributed by atoms with Gasteiger partial charge in [0.15, 0.2) is 0 Å². The molecule has 0 radical (unpaired) electrons. The Bertz CT molecular complexity index is 775. The largest absolute Gasteiger partial charge is 0.354 e. The molecule has 0 bridgehead atoms. The van der Waals surface area contributed by atoms with Crippen LogP contribution >= 0.6 is 11.6 Å². The van der Waals surface area contributed by atoms with E-state index in [2.05, 4.69) is 19.2 Å². The number of benzene rings is 2. The highest BCUT2D eigenvalue weighted by molar-refractivity contribution is 6.30. The molecule has 0 heterocycles. The second-order valence-electron chi connectivity index (χ2n) is 7.68. The molecule has 156 valence electrons. The third-order valence-corrected chi connectivity index (χ3v) is 5.00. The van der Waals surface area contributed by atoms with Gasteiger partial charge in [0, 0.05) is 24.5 Å². The van der Waals surface area contributed by atoms with E-state index in [1.165, 1.54) is 0 Å². The van der Waals surface area contributed by atoms with Crippen LogP contribution in [0.25, 0.3) is 0 Å². The minimum absolute atomic E-state index is 0.0321. The average molecular weight is 415 g/mol. The highest BCUT2D eigenvalue weighted by Crippen LogP contribution is 2.25. The lowest BCUT2D eigenvalue weighted by molar-refractivity contribution is -0.141. The lowest BCUT2D eigenvalue weighted by Crippen LogP contribution is -2.43. The first-order valence-corrected chi connectivity index (χ1v) is 10.7. The summed E-state index contributed by atoms with van der Waals surface area (Å²) in [4.78, 5) is 27.9. The SMILES string of the molecule is CCCC(=O)N(Cc1ccc(Cl)cc1)[C@H](C(=O)NCCC(C)C)c1ccccc1. The van der Waals surface area contributed by atoms with Gasteiger partial charge in [-0.25, -0.2) is 0 Å². The van der Waals surface area contributed by atoms with Crippen molar-refractivity contribution in [3.8, 4) is 0 Å². The van der Waals surface area contributed by atoms with Crippen molar-refractivity contribution in [2.24, 2.45) is 5.92 Å². The normalized spacial score (nSPS) is 11.9. The van der Waals surface area contributed by atoms with Gasteiger partial charge in [-0.2, -0.15) is 0 Å². The number of carbonyl (C=O) groups excluding carboxylic acids is 2. The van der Waals surface area contributed by atoms with Crippen LogP contribution in [0, 0.1) is 5.92 Å². The number of hydrogen-bond acceptors (Lipinski definition) is 2. The Morgan fingerprint density at radius 3 is 2.28 bits per heavy atom. The third kappa shape index (κ3) is 7.21. The minimum atomic E-state index is -0.668. The van der Waals surface area contributed by atoms with Gasteiger partial charge in [0.05, 0.1) is 0 Å². The van der Waals surface area contributed by atoms with Crippen LogP contribution in [-0.4, -0.2) is 23.3 Å². The number of carbonyl (C=O) groups is 2. The van der Waals surface area contributed by atoms with Gasteiger partial charge in [-0.3, -0.25) is 9.59 Å². The zero-order valence-corrected chi connectivity index (χ0v) is 18.3. The molecular weight excluding hydrogens is 384 g/mol. The topological polar surface area (TPSA) is 49.4 Å². The summed E-state index contributed by atoms with van der Waals surface area (Å²) in [5.74, 6) is 0.322. The summed E-state index contributed by atoms with van der Waals surface area (Å²) in [5, 5.41) is 3.68. The number of halogens is 1. The van der Waals surface area contributed by atoms with Crippen LogP contribution in [0.3, 0.4) is 0 Å². The second kappa shape index (κ2) is 11.6. The molecule has 1 N–H and O–H groups in total. The molecule has 29 heavy (non-hydrogen) atoms. The number of rotatable bonds is 10. The van der Waals surface area contributed by atoms with Gasteiger partial charge in [0.25, 0.3) is 0 Å². The summed E-state index contributed by atoms with van der Waals surface area (Å²) in [7, 11) is 0. The summed E-state index contributed by atoms with van der Waals surface area (Å²) in [6, 6.07) is 16.2. The van der Waals surface area contributed by atoms with Crippen molar-refractivity contribution >= 4 is 23.4 Å². The van der Waals surface area contributed by atoms with Gasteiger partial charge >= 0.3 is 0 Å². The van der Waals surface area contributed by atoms with Crippen LogP contribution in [0.4, 0.5) is 0 Å². The molecule has 0 saturated heterocycles. The molecule has 1 atom stereocenters. The van der Waals surface area contributed by atoms with Crippen LogP contribution < -0.4 is 5.32 Å². The van der Waals surface area contributed by atoms with Crippen LogP contribution in [0.1, 0.15) is 57.2 Å². The first kappa shape index (κ1) is 23.0. The van der Waals surface area contributed by atoms with Gasteiger partial charge in [-0.15, -0.1) is 0 Å². The van der Waals surface area contributed by atoms with E-state index in [0.717, 1.165) is 24.0 Å². The highest BCUT2D eigenvalue weighted by atomic mass is 35.5. The van der Waals surface area contributed by atoms with Gasteiger partial charge < -0.3 is 10.2 Å². The molecule has 2 aromatic carbocycles. The van der Waals surface area contributed by atoms with E-state index in [1.54, 1.807) is 17.0 Å². The molecule has 0 aliphatic carbocycles. The molecule has 2 rings (SSSR count). The fraction of sp³-hybridized carbons (Fsp3) is 0.417. The van der Waals surface area contributed by atoms with E-state index in [1.807, 2.05) is 49.4 Å². The van der Waals surface area contributed by atoms with E-state index >= 15 is 0 Å². The van der Waals surface area contributed by atoms with Gasteiger partial charge in [0.2, 0.25) is 11.8 Å². The maximum absolute atomic E-state index is 13.2. The molecule has 0 aliphatic rings. The molecular formula is C24H31ClN2O2. The minimum Gasteiger partial charge on any atom is -0.354 e. The summed E-state index contributed by atoms with van der Waals surface area (Å²) in [6.07, 6.45) is 2.02. The first-order chi connectivity index (χ1) is 13.9. The van der Waals surface area contributed by atoms with E-state index in [9.17, 15) is 9.59 Å². The second-order valence-corrected chi connectivity index (χ2v) is 8.12. The zero-order chi connectivity index (χ0) is 21.2. The molecule has 0 aromatic heterocycles. The summed E-state index contributed by atoms with van der Waals surface area (Å²) in [5.41, 5.74) is 1.75. The van der Waals surface area contributed by atoms with Crippen molar-refractivity contribution < 1.29 is 9.59 Å². The lowest BCUT2D eigenvalue weighted by atomic mass is 10.0. The Kier molecular flexibility index (Phi) is 9.20. The van der Waals surface area contributed by atoms with E-state index < -0.39 is 6.04 Å². The smallest absolute Gasteiger partial charge is 0.247 e. The van der Waals surface area contributed by atoms with Gasteiger partial charge in [0.1, 0.15) is 6.04 Å². The Morgan fingerprint density at radius 1 is 1.03 bits per heavy atom. The molecule has 0 unspecified atom stereocenters. The maximum atomic E-state index is 13.2. The fourth-order valence-electron chi connectivity index (χ4n) is 3.16. The van der Waals surface area contributed by atoms with Crippen LogP contribution in [0.2, 0.25) is 5.02 Å². The monoisotopic (exact) mass is 414 g/mol. The standard InChI is InChI=1S/C24H31ClN2O2/c1-4-8-22(28)27(17-19-11-13-21(25)14-12-19)23(20-9-6-5-7-10-20)24(29)26-16-15-18(2)3/h5-7,9-14,18,23H,4,8,15-17H2,1-3H3,(H,26,29)/t23-/m0/s1. The van der Waals surface area contributed by atoms with Crippen molar-refractivity contribution in [3.63, 3.8) is 0 Å².